The van der Waals surface area contributed by atoms with Crippen molar-refractivity contribution in [3.8, 4) is 11.3 Å². The molecule has 1 aromatic heterocycles. The molecule has 0 aliphatic rings. The zero-order valence-electron chi connectivity index (χ0n) is 11.4. The van der Waals surface area contributed by atoms with E-state index in [1.807, 2.05) is 0 Å². The second-order valence-corrected chi connectivity index (χ2v) is 4.87. The van der Waals surface area contributed by atoms with Crippen LogP contribution in [0.3, 0.4) is 0 Å². The fraction of sp³-hybridized carbons (Fsp3) is 0.400. The van der Waals surface area contributed by atoms with Crippen molar-refractivity contribution in [1.29, 1.82) is 0 Å². The molecular formula is C15H21N3. The number of nitrogens with zero attached hydrogens (tertiary/aromatic N) is 1. The minimum absolute atomic E-state index is 0.707. The van der Waals surface area contributed by atoms with Crippen molar-refractivity contribution in [2.45, 2.75) is 33.6 Å². The summed E-state index contributed by atoms with van der Waals surface area (Å²) in [5, 5.41) is 0. The molecule has 3 nitrogen and oxygen atoms in total. The van der Waals surface area contributed by atoms with Gasteiger partial charge in [0.05, 0.1) is 5.69 Å². The molecule has 0 aliphatic heterocycles. The van der Waals surface area contributed by atoms with Crippen LogP contribution in [-0.4, -0.2) is 16.5 Å². The first-order valence-electron chi connectivity index (χ1n) is 6.45. The molecule has 96 valence electrons. The Labute approximate surface area is 108 Å². The van der Waals surface area contributed by atoms with Gasteiger partial charge in [-0.3, -0.25) is 0 Å². The van der Waals surface area contributed by atoms with Crippen LogP contribution in [0.4, 0.5) is 0 Å². The van der Waals surface area contributed by atoms with E-state index in [1.54, 1.807) is 0 Å². The highest BCUT2D eigenvalue weighted by Gasteiger charge is 2.11. The molecule has 0 radical (unpaired) electrons. The van der Waals surface area contributed by atoms with Gasteiger partial charge in [-0.05, 0) is 45.4 Å². The molecule has 1 aromatic carbocycles. The van der Waals surface area contributed by atoms with Gasteiger partial charge in [-0.1, -0.05) is 17.7 Å². The van der Waals surface area contributed by atoms with Gasteiger partial charge in [0.15, 0.2) is 0 Å². The van der Waals surface area contributed by atoms with Crippen LogP contribution in [0.5, 0.6) is 0 Å². The normalized spacial score (nSPS) is 10.9. The van der Waals surface area contributed by atoms with E-state index >= 15 is 0 Å². The van der Waals surface area contributed by atoms with Gasteiger partial charge in [0, 0.05) is 17.7 Å². The average molecular weight is 243 g/mol. The summed E-state index contributed by atoms with van der Waals surface area (Å²) in [5.74, 6) is 1.04. The summed E-state index contributed by atoms with van der Waals surface area (Å²) in [4.78, 5) is 8.07. The highest BCUT2D eigenvalue weighted by Crippen LogP contribution is 2.26. The number of nitrogens with one attached hydrogen (secondary N) is 1. The molecule has 0 spiro atoms. The summed E-state index contributed by atoms with van der Waals surface area (Å²) in [6, 6.07) is 6.49. The Balaban J connectivity index is 2.38. The van der Waals surface area contributed by atoms with E-state index in [2.05, 4.69) is 44.0 Å². The van der Waals surface area contributed by atoms with Crippen molar-refractivity contribution < 1.29 is 0 Å². The highest BCUT2D eigenvalue weighted by atomic mass is 14.9. The Kier molecular flexibility index (Phi) is 3.82. The Morgan fingerprint density at radius 1 is 1.22 bits per heavy atom. The maximum absolute atomic E-state index is 5.53. The molecule has 1 heterocycles. The maximum Gasteiger partial charge on any atom is 0.107 e. The fourth-order valence-corrected chi connectivity index (χ4v) is 2.16. The number of rotatable bonds is 4. The van der Waals surface area contributed by atoms with Crippen molar-refractivity contribution in [1.82, 2.24) is 9.97 Å². The summed E-state index contributed by atoms with van der Waals surface area (Å²) in [6.45, 7) is 7.03. The van der Waals surface area contributed by atoms with Crippen molar-refractivity contribution in [2.24, 2.45) is 5.73 Å². The molecular weight excluding hydrogens is 222 g/mol. The molecule has 18 heavy (non-hydrogen) atoms. The summed E-state index contributed by atoms with van der Waals surface area (Å²) in [7, 11) is 0. The van der Waals surface area contributed by atoms with Gasteiger partial charge in [0.25, 0.3) is 0 Å². The van der Waals surface area contributed by atoms with Crippen molar-refractivity contribution >= 4 is 0 Å². The third-order valence-electron chi connectivity index (χ3n) is 3.20. The van der Waals surface area contributed by atoms with Crippen LogP contribution in [0.1, 0.15) is 29.1 Å². The molecule has 3 N–H and O–H groups in total. The zero-order valence-corrected chi connectivity index (χ0v) is 11.4. The van der Waals surface area contributed by atoms with Crippen LogP contribution in [0.15, 0.2) is 18.2 Å². The van der Waals surface area contributed by atoms with E-state index in [0.717, 1.165) is 30.1 Å². The minimum atomic E-state index is 0.707. The van der Waals surface area contributed by atoms with Gasteiger partial charge in [-0.25, -0.2) is 4.98 Å². The van der Waals surface area contributed by atoms with Crippen LogP contribution in [0.25, 0.3) is 11.3 Å². The number of hydrogen-bond donors (Lipinski definition) is 2. The smallest absolute Gasteiger partial charge is 0.107 e. The second kappa shape index (κ2) is 5.36. The second-order valence-electron chi connectivity index (χ2n) is 4.87. The molecule has 2 aromatic rings. The topological polar surface area (TPSA) is 54.7 Å². The number of imidazole rings is 1. The van der Waals surface area contributed by atoms with E-state index in [9.17, 15) is 0 Å². The van der Waals surface area contributed by atoms with Crippen molar-refractivity contribution in [3.05, 3.63) is 40.8 Å². The van der Waals surface area contributed by atoms with Crippen LogP contribution >= 0.6 is 0 Å². The predicted octanol–water partition coefficient (Wildman–Crippen LogP) is 2.89. The number of H-pyrrole nitrogens is 1. The molecule has 0 amide bonds. The molecule has 0 saturated heterocycles. The molecule has 0 atom stereocenters. The minimum Gasteiger partial charge on any atom is -0.346 e. The summed E-state index contributed by atoms with van der Waals surface area (Å²) in [5.41, 5.74) is 11.5. The zero-order chi connectivity index (χ0) is 13.1. The first kappa shape index (κ1) is 12.8. The van der Waals surface area contributed by atoms with Gasteiger partial charge >= 0.3 is 0 Å². The number of benzene rings is 1. The van der Waals surface area contributed by atoms with Gasteiger partial charge in [0.1, 0.15) is 5.82 Å². The van der Waals surface area contributed by atoms with Crippen LogP contribution in [0.2, 0.25) is 0 Å². The van der Waals surface area contributed by atoms with Crippen LogP contribution < -0.4 is 5.73 Å². The first-order chi connectivity index (χ1) is 8.61. The first-order valence-corrected chi connectivity index (χ1v) is 6.45. The van der Waals surface area contributed by atoms with Gasteiger partial charge < -0.3 is 10.7 Å². The lowest BCUT2D eigenvalue weighted by molar-refractivity contribution is 0.792. The van der Waals surface area contributed by atoms with E-state index < -0.39 is 0 Å². The molecule has 0 saturated carbocycles. The lowest BCUT2D eigenvalue weighted by atomic mass is 10.0. The van der Waals surface area contributed by atoms with E-state index in [1.165, 1.54) is 16.7 Å². The van der Waals surface area contributed by atoms with Gasteiger partial charge in [-0.15, -0.1) is 0 Å². The van der Waals surface area contributed by atoms with Crippen molar-refractivity contribution in [2.75, 3.05) is 6.54 Å². The molecule has 0 fully saturated rings. The Morgan fingerprint density at radius 2 is 2.00 bits per heavy atom. The third-order valence-corrected chi connectivity index (χ3v) is 3.20. The number of hydrogen-bond acceptors (Lipinski definition) is 2. The number of nitrogens with two attached hydrogens (primary N) is 1. The summed E-state index contributed by atoms with van der Waals surface area (Å²) >= 11 is 0. The van der Waals surface area contributed by atoms with Gasteiger partial charge in [0.2, 0.25) is 0 Å². The average Bonchev–Trinajstić information content (AvgIpc) is 2.71. The van der Waals surface area contributed by atoms with Gasteiger partial charge in [-0.2, -0.15) is 0 Å². The lowest BCUT2D eigenvalue weighted by Gasteiger charge is -2.05. The van der Waals surface area contributed by atoms with E-state index in [4.69, 9.17) is 10.7 Å². The number of aryl methyl sites for hydroxylation is 4. The molecule has 3 heteroatoms. The standard InChI is InChI=1S/C15H21N3/c1-10-6-7-11(2)13(9-10)15-12(3)17-14(18-15)5-4-8-16/h6-7,9H,4-5,8,16H2,1-3H3,(H,17,18). The number of aromatic nitrogens is 2. The van der Waals surface area contributed by atoms with Crippen LogP contribution in [0, 0.1) is 20.8 Å². The molecule has 0 unspecified atom stereocenters. The third kappa shape index (κ3) is 2.62. The summed E-state index contributed by atoms with van der Waals surface area (Å²) < 4.78 is 0. The Bertz CT molecular complexity index is 541. The molecule has 0 bridgehead atoms. The quantitative estimate of drug-likeness (QED) is 0.867. The largest absolute Gasteiger partial charge is 0.346 e. The molecule has 2 rings (SSSR count). The number of aromatic amines is 1. The van der Waals surface area contributed by atoms with E-state index in [0.29, 0.717) is 6.54 Å². The fourth-order valence-electron chi connectivity index (χ4n) is 2.16. The Morgan fingerprint density at radius 3 is 2.72 bits per heavy atom. The van der Waals surface area contributed by atoms with Crippen molar-refractivity contribution in [3.63, 3.8) is 0 Å². The highest BCUT2D eigenvalue weighted by molar-refractivity contribution is 5.66. The molecule has 0 aliphatic carbocycles. The maximum atomic E-state index is 5.53. The Hall–Kier alpha value is -1.61. The van der Waals surface area contributed by atoms with E-state index in [-0.39, 0.29) is 0 Å². The lowest BCUT2D eigenvalue weighted by Crippen LogP contribution is -2.01. The SMILES string of the molecule is Cc1ccc(C)c(-c2nc(CCCN)[nH]c2C)c1. The van der Waals surface area contributed by atoms with Crippen LogP contribution in [-0.2, 0) is 6.42 Å². The summed E-state index contributed by atoms with van der Waals surface area (Å²) in [6.07, 6.45) is 1.89. The monoisotopic (exact) mass is 243 g/mol. The predicted molar refractivity (Wildman–Crippen MR) is 75.6 cm³/mol.